The molecule has 1 aromatic rings. The number of nitrogens with two attached hydrogens (primary N) is 1. The maximum Gasteiger partial charge on any atom is 0.268 e. The van der Waals surface area contributed by atoms with Gasteiger partial charge in [-0.1, -0.05) is 6.92 Å². The van der Waals surface area contributed by atoms with E-state index in [4.69, 9.17) is 5.73 Å². The number of ketones is 1. The lowest BCUT2D eigenvalue weighted by atomic mass is 10.0. The maximum absolute atomic E-state index is 12.9. The zero-order chi connectivity index (χ0) is 20.6. The average molecular weight is 410 g/mol. The van der Waals surface area contributed by atoms with Crippen LogP contribution in [-0.2, 0) is 24.4 Å². The van der Waals surface area contributed by atoms with Crippen LogP contribution in [-0.4, -0.2) is 65.4 Å². The van der Waals surface area contributed by atoms with Crippen LogP contribution in [0, 0.1) is 5.92 Å². The lowest BCUT2D eigenvalue weighted by Crippen LogP contribution is -2.44. The number of aromatic amines is 1. The molecule has 28 heavy (non-hydrogen) atoms. The fourth-order valence-electron chi connectivity index (χ4n) is 3.73. The molecule has 0 aliphatic carbocycles. The van der Waals surface area contributed by atoms with E-state index in [0.717, 1.165) is 4.31 Å². The first-order valence-corrected chi connectivity index (χ1v) is 10.4. The molecule has 3 atom stereocenters. The fourth-order valence-corrected chi connectivity index (χ4v) is 5.41. The van der Waals surface area contributed by atoms with E-state index in [1.54, 1.807) is 6.92 Å². The summed E-state index contributed by atoms with van der Waals surface area (Å²) in [6.45, 7) is 1.48. The molecule has 0 radical (unpaired) electrons. The van der Waals surface area contributed by atoms with Crippen molar-refractivity contribution >= 4 is 27.6 Å². The lowest BCUT2D eigenvalue weighted by molar-refractivity contribution is -0.136. The number of nitrogens with one attached hydrogen (secondary N) is 1. The number of likely N-dealkylation sites (tertiary alicyclic amines) is 1. The van der Waals surface area contributed by atoms with Crippen molar-refractivity contribution < 1.29 is 22.8 Å². The van der Waals surface area contributed by atoms with Gasteiger partial charge in [0, 0.05) is 25.1 Å². The van der Waals surface area contributed by atoms with Crippen LogP contribution in [0.2, 0.25) is 0 Å². The van der Waals surface area contributed by atoms with Gasteiger partial charge >= 0.3 is 0 Å². The number of fused-ring (bicyclic) bond motifs is 1. The summed E-state index contributed by atoms with van der Waals surface area (Å²) in [7, 11) is -4.17. The van der Waals surface area contributed by atoms with E-state index in [2.05, 4.69) is 4.98 Å². The Balaban J connectivity index is 1.79. The number of hydrogen-bond donors (Lipinski definition) is 2. The molecule has 3 rings (SSSR count). The summed E-state index contributed by atoms with van der Waals surface area (Å²) in [4.78, 5) is 51.4. The molecule has 3 unspecified atom stereocenters. The fraction of sp³-hybridized carbons (Fsp3) is 0.529. The van der Waals surface area contributed by atoms with Crippen LogP contribution in [0.15, 0.2) is 28.0 Å². The van der Waals surface area contributed by atoms with Gasteiger partial charge in [0.25, 0.3) is 5.56 Å². The van der Waals surface area contributed by atoms with Gasteiger partial charge in [-0.05, 0) is 25.0 Å². The Morgan fingerprint density at radius 3 is 2.71 bits per heavy atom. The van der Waals surface area contributed by atoms with Crippen LogP contribution in [0.1, 0.15) is 26.2 Å². The van der Waals surface area contributed by atoms with E-state index >= 15 is 0 Å². The van der Waals surface area contributed by atoms with E-state index < -0.39 is 44.4 Å². The Labute approximate surface area is 161 Å². The molecule has 0 saturated carbocycles. The summed E-state index contributed by atoms with van der Waals surface area (Å²) < 4.78 is 26.8. The van der Waals surface area contributed by atoms with Crippen molar-refractivity contribution in [1.29, 1.82) is 0 Å². The largest absolute Gasteiger partial charge is 0.369 e. The Hall–Kier alpha value is -2.53. The van der Waals surface area contributed by atoms with Gasteiger partial charge in [-0.15, -0.1) is 0 Å². The molecule has 3 N–H and O–H groups in total. The second-order valence-corrected chi connectivity index (χ2v) is 8.97. The molecule has 0 aromatic carbocycles. The number of primary amides is 1. The minimum atomic E-state index is -4.17. The molecule has 1 aromatic heterocycles. The first kappa shape index (κ1) is 20.2. The average Bonchev–Trinajstić information content (AvgIpc) is 3.21. The molecule has 2 aliphatic heterocycles. The highest BCUT2D eigenvalue weighted by Crippen LogP contribution is 2.33. The monoisotopic (exact) mass is 410 g/mol. The van der Waals surface area contributed by atoms with Crippen LogP contribution >= 0.6 is 0 Å². The number of aromatic nitrogens is 1. The molecule has 11 heteroatoms. The molecule has 152 valence electrons. The third-order valence-corrected chi connectivity index (χ3v) is 7.24. The summed E-state index contributed by atoms with van der Waals surface area (Å²) >= 11 is 0. The predicted octanol–water partition coefficient (Wildman–Crippen LogP) is -1.18. The van der Waals surface area contributed by atoms with Crippen LogP contribution in [0.5, 0.6) is 0 Å². The van der Waals surface area contributed by atoms with Crippen molar-refractivity contribution in [1.82, 2.24) is 14.2 Å². The van der Waals surface area contributed by atoms with Gasteiger partial charge in [-0.2, -0.15) is 4.31 Å². The summed E-state index contributed by atoms with van der Waals surface area (Å²) in [5.74, 6) is -1.67. The van der Waals surface area contributed by atoms with Crippen molar-refractivity contribution in [2.75, 3.05) is 13.1 Å². The number of Topliss-reactive ketones (excluding diaryl/α,β-unsaturated/α-hetero) is 1. The van der Waals surface area contributed by atoms with Crippen LogP contribution in [0.3, 0.4) is 0 Å². The molecule has 10 nitrogen and oxygen atoms in total. The van der Waals surface area contributed by atoms with E-state index in [1.165, 1.54) is 23.2 Å². The van der Waals surface area contributed by atoms with Crippen molar-refractivity contribution in [3.8, 4) is 0 Å². The zero-order valence-electron chi connectivity index (χ0n) is 15.3. The van der Waals surface area contributed by atoms with Crippen molar-refractivity contribution in [3.63, 3.8) is 0 Å². The van der Waals surface area contributed by atoms with Crippen molar-refractivity contribution in [2.24, 2.45) is 11.7 Å². The smallest absolute Gasteiger partial charge is 0.268 e. The number of carbonyl (C=O) groups is 3. The van der Waals surface area contributed by atoms with Gasteiger partial charge in [-0.3, -0.25) is 19.2 Å². The standard InChI is InChI=1S/C17H22N4O6S/c1-10(16(18)24)4-5-14(23)20-8-6-11-15(20)12(22)9-21(11)28(26,27)13-3-2-7-19-17(13)25/h2-3,7,10-11,15H,4-6,8-9H2,1H3,(H2,18,24)(H,19,25). The number of sulfonamides is 1. The highest BCUT2D eigenvalue weighted by atomic mass is 32.2. The summed E-state index contributed by atoms with van der Waals surface area (Å²) in [5, 5.41) is 0. The summed E-state index contributed by atoms with van der Waals surface area (Å²) in [6, 6.07) is 1.02. The molecule has 2 aliphatic rings. The molecule has 2 fully saturated rings. The van der Waals surface area contributed by atoms with Gasteiger partial charge in [0.1, 0.15) is 10.9 Å². The summed E-state index contributed by atoms with van der Waals surface area (Å²) in [6.07, 6.45) is 1.93. The Morgan fingerprint density at radius 1 is 1.36 bits per heavy atom. The minimum absolute atomic E-state index is 0.0473. The second-order valence-electron chi connectivity index (χ2n) is 7.11. The maximum atomic E-state index is 12.9. The normalized spacial score (nSPS) is 23.6. The topological polar surface area (TPSA) is 151 Å². The third-order valence-electron chi connectivity index (χ3n) is 5.34. The predicted molar refractivity (Wildman–Crippen MR) is 97.5 cm³/mol. The quantitative estimate of drug-likeness (QED) is 0.602. The SMILES string of the molecule is CC(CCC(=O)N1CCC2C1C(=O)CN2S(=O)(=O)c1ccc[nH]c1=O)C(N)=O. The molecule has 2 amide bonds. The number of H-pyrrole nitrogens is 1. The zero-order valence-corrected chi connectivity index (χ0v) is 16.1. The molecule has 3 heterocycles. The minimum Gasteiger partial charge on any atom is -0.369 e. The Bertz CT molecular complexity index is 972. The number of nitrogens with zero attached hydrogens (tertiary/aromatic N) is 2. The van der Waals surface area contributed by atoms with E-state index in [-0.39, 0.29) is 37.6 Å². The van der Waals surface area contributed by atoms with Gasteiger partial charge in [0.2, 0.25) is 21.8 Å². The van der Waals surface area contributed by atoms with E-state index in [0.29, 0.717) is 6.42 Å². The van der Waals surface area contributed by atoms with Gasteiger partial charge in [0.05, 0.1) is 12.6 Å². The number of carbonyl (C=O) groups excluding carboxylic acids is 3. The molecule has 2 saturated heterocycles. The second kappa shape index (κ2) is 7.47. The highest BCUT2D eigenvalue weighted by molar-refractivity contribution is 7.89. The van der Waals surface area contributed by atoms with E-state index in [9.17, 15) is 27.6 Å². The van der Waals surface area contributed by atoms with Crippen molar-refractivity contribution in [2.45, 2.75) is 43.2 Å². The number of pyridine rings is 1. The number of hydrogen-bond acceptors (Lipinski definition) is 6. The van der Waals surface area contributed by atoms with E-state index in [1.807, 2.05) is 0 Å². The number of amides is 2. The van der Waals surface area contributed by atoms with Crippen LogP contribution in [0.4, 0.5) is 0 Å². The third kappa shape index (κ3) is 3.47. The molecule has 0 spiro atoms. The molecular formula is C17H22N4O6S. The summed E-state index contributed by atoms with van der Waals surface area (Å²) in [5.41, 5.74) is 4.44. The van der Waals surface area contributed by atoms with Crippen LogP contribution < -0.4 is 11.3 Å². The first-order chi connectivity index (χ1) is 13.1. The first-order valence-electron chi connectivity index (χ1n) is 8.95. The highest BCUT2D eigenvalue weighted by Gasteiger charge is 2.53. The molecule has 0 bridgehead atoms. The Morgan fingerprint density at radius 2 is 2.07 bits per heavy atom. The van der Waals surface area contributed by atoms with Gasteiger partial charge in [-0.25, -0.2) is 8.42 Å². The Kier molecular flexibility index (Phi) is 5.39. The van der Waals surface area contributed by atoms with Crippen LogP contribution in [0.25, 0.3) is 0 Å². The molecular weight excluding hydrogens is 388 g/mol. The lowest BCUT2D eigenvalue weighted by Gasteiger charge is -2.24. The van der Waals surface area contributed by atoms with Crippen molar-refractivity contribution in [3.05, 3.63) is 28.7 Å². The number of rotatable bonds is 6. The van der Waals surface area contributed by atoms with Gasteiger partial charge in [0.15, 0.2) is 5.78 Å². The van der Waals surface area contributed by atoms with Gasteiger partial charge < -0.3 is 15.6 Å².